The van der Waals surface area contributed by atoms with Crippen molar-refractivity contribution in [3.05, 3.63) is 37.1 Å². The maximum absolute atomic E-state index is 12.1. The first-order valence-corrected chi connectivity index (χ1v) is 8.72. The summed E-state index contributed by atoms with van der Waals surface area (Å²) in [5.41, 5.74) is -0.593. The smallest absolute Gasteiger partial charge is 0.398 e. The molecule has 0 aromatic carbocycles. The summed E-state index contributed by atoms with van der Waals surface area (Å²) in [6, 6.07) is 2.93. The molecule has 1 fully saturated rings. The third-order valence-electron chi connectivity index (χ3n) is 4.19. The molecule has 0 bridgehead atoms. The highest BCUT2D eigenvalue weighted by atomic mass is 32.2. The van der Waals surface area contributed by atoms with Gasteiger partial charge in [0.1, 0.15) is 12.1 Å². The van der Waals surface area contributed by atoms with E-state index in [4.69, 9.17) is 13.5 Å². The Balaban J connectivity index is 1.84. The van der Waals surface area contributed by atoms with Gasteiger partial charge in [0, 0.05) is 30.7 Å². The second kappa shape index (κ2) is 5.57. The minimum Gasteiger partial charge on any atom is -0.398 e. The van der Waals surface area contributed by atoms with Crippen LogP contribution < -0.4 is 9.78 Å². The zero-order valence-corrected chi connectivity index (χ0v) is 14.6. The molecule has 0 radical (unpaired) electrons. The number of aromatic nitrogens is 3. The predicted molar refractivity (Wildman–Crippen MR) is 87.1 cm³/mol. The Kier molecular flexibility index (Phi) is 3.93. The summed E-state index contributed by atoms with van der Waals surface area (Å²) in [4.78, 5) is 7.90. The van der Waals surface area contributed by atoms with Gasteiger partial charge in [-0.15, -0.1) is 0 Å². The third kappa shape index (κ3) is 3.04. The van der Waals surface area contributed by atoms with Crippen LogP contribution >= 0.6 is 0 Å². The van der Waals surface area contributed by atoms with Crippen LogP contribution in [0.1, 0.15) is 27.7 Å². The molecule has 24 heavy (non-hydrogen) atoms. The molecule has 0 unspecified atom stereocenters. The molecule has 2 aromatic rings. The zero-order chi connectivity index (χ0) is 17.6. The van der Waals surface area contributed by atoms with Gasteiger partial charge in [0.15, 0.2) is 0 Å². The van der Waals surface area contributed by atoms with Gasteiger partial charge < -0.3 is 13.5 Å². The molecule has 0 saturated carbocycles. The summed E-state index contributed by atoms with van der Waals surface area (Å²) in [7, 11) is -4.71. The number of hydrogen-bond donors (Lipinski definition) is 0. The van der Waals surface area contributed by atoms with E-state index in [1.54, 1.807) is 0 Å². The van der Waals surface area contributed by atoms with Crippen molar-refractivity contribution >= 4 is 23.0 Å². The maximum atomic E-state index is 12.1. The van der Waals surface area contributed by atoms with E-state index in [0.717, 1.165) is 10.3 Å². The SMILES string of the molecule is CC1(C)OB(c2cc(OS(=O)(=O)n3ccnc3)ccn2)OC1(C)C. The van der Waals surface area contributed by atoms with Gasteiger partial charge in [0.2, 0.25) is 0 Å². The average molecular weight is 351 g/mol. The number of rotatable bonds is 4. The second-order valence-corrected chi connectivity index (χ2v) is 7.88. The third-order valence-corrected chi connectivity index (χ3v) is 5.32. The van der Waals surface area contributed by atoms with E-state index >= 15 is 0 Å². The van der Waals surface area contributed by atoms with Crippen LogP contribution in [-0.4, -0.2) is 40.7 Å². The molecule has 0 spiro atoms. The minimum atomic E-state index is -4.01. The van der Waals surface area contributed by atoms with Crippen molar-refractivity contribution in [3.63, 3.8) is 0 Å². The fourth-order valence-electron chi connectivity index (χ4n) is 2.12. The molecule has 0 N–H and O–H groups in total. The lowest BCUT2D eigenvalue weighted by Gasteiger charge is -2.32. The van der Waals surface area contributed by atoms with Crippen molar-refractivity contribution in [3.8, 4) is 5.75 Å². The van der Waals surface area contributed by atoms with Gasteiger partial charge >= 0.3 is 17.4 Å². The van der Waals surface area contributed by atoms with Crippen molar-refractivity contribution in [2.45, 2.75) is 38.9 Å². The minimum absolute atomic E-state index is 0.114. The average Bonchev–Trinajstić information content (AvgIpc) is 3.06. The summed E-state index contributed by atoms with van der Waals surface area (Å²) >= 11 is 0. The first-order chi connectivity index (χ1) is 11.1. The predicted octanol–water partition coefficient (Wildman–Crippen LogP) is 0.749. The van der Waals surface area contributed by atoms with E-state index in [9.17, 15) is 8.42 Å². The monoisotopic (exact) mass is 351 g/mol. The van der Waals surface area contributed by atoms with E-state index in [1.165, 1.54) is 30.7 Å². The maximum Gasteiger partial charge on any atom is 0.514 e. The Morgan fingerprint density at radius 3 is 2.42 bits per heavy atom. The molecular formula is C14H18BN3O5S. The molecule has 2 aromatic heterocycles. The summed E-state index contributed by atoms with van der Waals surface area (Å²) in [5, 5.41) is 0. The van der Waals surface area contributed by atoms with Gasteiger partial charge in [-0.2, -0.15) is 8.42 Å². The van der Waals surface area contributed by atoms with Gasteiger partial charge in [-0.05, 0) is 27.7 Å². The highest BCUT2D eigenvalue weighted by molar-refractivity contribution is 7.85. The first-order valence-electron chi connectivity index (χ1n) is 7.35. The number of pyridine rings is 1. The van der Waals surface area contributed by atoms with Crippen molar-refractivity contribution in [2.75, 3.05) is 0 Å². The lowest BCUT2D eigenvalue weighted by molar-refractivity contribution is 0.00578. The Morgan fingerprint density at radius 1 is 1.17 bits per heavy atom. The molecule has 0 amide bonds. The molecule has 0 atom stereocenters. The summed E-state index contributed by atoms with van der Waals surface area (Å²) in [5.74, 6) is 0.114. The van der Waals surface area contributed by atoms with Gasteiger partial charge in [-0.1, -0.05) is 0 Å². The summed E-state index contributed by atoms with van der Waals surface area (Å²) < 4.78 is 42.0. The highest BCUT2D eigenvalue weighted by Crippen LogP contribution is 2.36. The molecule has 3 rings (SSSR count). The van der Waals surface area contributed by atoms with Gasteiger partial charge in [-0.3, -0.25) is 4.98 Å². The van der Waals surface area contributed by atoms with Gasteiger partial charge in [-0.25, -0.2) is 8.96 Å². The van der Waals surface area contributed by atoms with Gasteiger partial charge in [0.25, 0.3) is 0 Å². The summed E-state index contributed by atoms with van der Waals surface area (Å²) in [6.07, 6.45) is 5.22. The summed E-state index contributed by atoms with van der Waals surface area (Å²) in [6.45, 7) is 7.71. The normalized spacial score (nSPS) is 19.4. The Morgan fingerprint density at radius 2 is 1.83 bits per heavy atom. The molecule has 3 heterocycles. The fraction of sp³-hybridized carbons (Fsp3) is 0.429. The van der Waals surface area contributed by atoms with Crippen LogP contribution in [0.2, 0.25) is 0 Å². The van der Waals surface area contributed by atoms with E-state index in [0.29, 0.717) is 5.59 Å². The van der Waals surface area contributed by atoms with Crippen LogP contribution in [-0.2, 0) is 19.6 Å². The molecule has 10 heteroatoms. The van der Waals surface area contributed by atoms with E-state index in [-0.39, 0.29) is 5.75 Å². The molecule has 1 aliphatic rings. The van der Waals surface area contributed by atoms with Crippen LogP contribution in [0.5, 0.6) is 5.75 Å². The Bertz CT molecular complexity index is 820. The quantitative estimate of drug-likeness (QED) is 0.751. The molecule has 8 nitrogen and oxygen atoms in total. The van der Waals surface area contributed by atoms with Crippen LogP contribution in [0.15, 0.2) is 37.1 Å². The van der Waals surface area contributed by atoms with Gasteiger partial charge in [0.05, 0.1) is 16.8 Å². The van der Waals surface area contributed by atoms with Crippen LogP contribution in [0.3, 0.4) is 0 Å². The van der Waals surface area contributed by atoms with Crippen molar-refractivity contribution in [2.24, 2.45) is 0 Å². The highest BCUT2D eigenvalue weighted by Gasteiger charge is 2.52. The van der Waals surface area contributed by atoms with Crippen molar-refractivity contribution < 1.29 is 21.9 Å². The van der Waals surface area contributed by atoms with Crippen LogP contribution in [0, 0.1) is 0 Å². The van der Waals surface area contributed by atoms with Crippen molar-refractivity contribution in [1.29, 1.82) is 0 Å². The fourth-order valence-corrected chi connectivity index (χ4v) is 2.92. The molecule has 1 saturated heterocycles. The Hall–Kier alpha value is -1.91. The van der Waals surface area contributed by atoms with E-state index in [1.807, 2.05) is 27.7 Å². The van der Waals surface area contributed by atoms with Crippen LogP contribution in [0.4, 0.5) is 0 Å². The standard InChI is InChI=1S/C14H18BN3O5S/c1-13(2)14(3,4)23-15(22-13)12-9-11(5-6-17-12)21-24(19,20)18-8-7-16-10-18/h5-10H,1-4H3. The second-order valence-electron chi connectivity index (χ2n) is 6.44. The van der Waals surface area contributed by atoms with E-state index < -0.39 is 28.6 Å². The van der Waals surface area contributed by atoms with Crippen LogP contribution in [0.25, 0.3) is 0 Å². The lowest BCUT2D eigenvalue weighted by Crippen LogP contribution is -2.41. The topological polar surface area (TPSA) is 92.5 Å². The molecular weight excluding hydrogens is 333 g/mol. The molecule has 128 valence electrons. The lowest BCUT2D eigenvalue weighted by atomic mass is 9.84. The number of nitrogens with zero attached hydrogens (tertiary/aromatic N) is 3. The number of imidazole rings is 1. The van der Waals surface area contributed by atoms with E-state index in [2.05, 4.69) is 9.97 Å². The molecule has 1 aliphatic heterocycles. The first kappa shape index (κ1) is 16.9. The molecule has 0 aliphatic carbocycles. The largest absolute Gasteiger partial charge is 0.514 e. The zero-order valence-electron chi connectivity index (χ0n) is 13.8. The Labute approximate surface area is 141 Å². The van der Waals surface area contributed by atoms with Crippen molar-refractivity contribution in [1.82, 2.24) is 13.9 Å². The number of hydrogen-bond acceptors (Lipinski definition) is 7.